The van der Waals surface area contributed by atoms with Crippen molar-refractivity contribution in [3.63, 3.8) is 0 Å². The summed E-state index contributed by atoms with van der Waals surface area (Å²) in [7, 11) is 1.92. The SMILES string of the molecule is CNCCC1COC(Nc2ccc3ncnc(Nc4ccc(OCc5cccc(F)c5)c(Cl)c4)c3c2)=N1. The number of nitrogens with zero attached hydrogens (tertiary/aromatic N) is 3. The summed E-state index contributed by atoms with van der Waals surface area (Å²) in [4.78, 5) is 13.4. The molecule has 4 aromatic rings. The van der Waals surface area contributed by atoms with Crippen LogP contribution in [0.4, 0.5) is 21.6 Å². The molecule has 190 valence electrons. The summed E-state index contributed by atoms with van der Waals surface area (Å²) < 4.78 is 24.9. The highest BCUT2D eigenvalue weighted by atomic mass is 35.5. The Hall–Kier alpha value is -3.95. The number of ether oxygens (including phenoxy) is 2. The molecule has 1 aliphatic rings. The van der Waals surface area contributed by atoms with Crippen LogP contribution in [0.1, 0.15) is 12.0 Å². The summed E-state index contributed by atoms with van der Waals surface area (Å²) in [5.41, 5.74) is 3.05. The topological polar surface area (TPSA) is 92.7 Å². The normalized spacial score (nSPS) is 14.8. The second kappa shape index (κ2) is 11.4. The fourth-order valence-corrected chi connectivity index (χ4v) is 4.16. The number of benzene rings is 3. The first-order valence-electron chi connectivity index (χ1n) is 11.9. The van der Waals surface area contributed by atoms with Crippen LogP contribution < -0.4 is 20.7 Å². The van der Waals surface area contributed by atoms with Gasteiger partial charge in [-0.2, -0.15) is 0 Å². The number of aliphatic imine (C=N–C) groups is 1. The van der Waals surface area contributed by atoms with E-state index < -0.39 is 0 Å². The molecule has 5 rings (SSSR count). The predicted octanol–water partition coefficient (Wildman–Crippen LogP) is 5.52. The maximum atomic E-state index is 13.4. The third kappa shape index (κ3) is 6.25. The minimum absolute atomic E-state index is 0.140. The number of rotatable bonds is 9. The second-order valence-electron chi connectivity index (χ2n) is 8.56. The average molecular weight is 521 g/mol. The van der Waals surface area contributed by atoms with Gasteiger partial charge in [0.15, 0.2) is 0 Å². The van der Waals surface area contributed by atoms with E-state index in [2.05, 4.69) is 30.9 Å². The number of aromatic nitrogens is 2. The van der Waals surface area contributed by atoms with Crippen LogP contribution >= 0.6 is 11.6 Å². The van der Waals surface area contributed by atoms with Gasteiger partial charge < -0.3 is 25.4 Å². The third-order valence-corrected chi connectivity index (χ3v) is 6.10. The molecule has 0 amide bonds. The first-order valence-corrected chi connectivity index (χ1v) is 12.3. The van der Waals surface area contributed by atoms with Crippen LogP contribution in [0.15, 0.2) is 72.0 Å². The summed E-state index contributed by atoms with van der Waals surface area (Å²) in [5, 5.41) is 10.9. The maximum Gasteiger partial charge on any atom is 0.289 e. The van der Waals surface area contributed by atoms with Crippen LogP contribution in [-0.4, -0.2) is 42.2 Å². The molecule has 0 fully saturated rings. The highest BCUT2D eigenvalue weighted by Gasteiger charge is 2.18. The molecule has 0 aliphatic carbocycles. The van der Waals surface area contributed by atoms with E-state index in [1.165, 1.54) is 18.5 Å². The molecule has 2 heterocycles. The zero-order valence-electron chi connectivity index (χ0n) is 20.2. The van der Waals surface area contributed by atoms with E-state index in [0.29, 0.717) is 29.2 Å². The van der Waals surface area contributed by atoms with E-state index in [0.717, 1.165) is 40.8 Å². The van der Waals surface area contributed by atoms with Crippen LogP contribution in [0.2, 0.25) is 5.02 Å². The lowest BCUT2D eigenvalue weighted by molar-refractivity contribution is 0.306. The van der Waals surface area contributed by atoms with Gasteiger partial charge in [-0.3, -0.25) is 0 Å². The Kier molecular flexibility index (Phi) is 7.62. The lowest BCUT2D eigenvalue weighted by atomic mass is 10.2. The van der Waals surface area contributed by atoms with Crippen molar-refractivity contribution in [3.8, 4) is 5.75 Å². The molecule has 3 N–H and O–H groups in total. The van der Waals surface area contributed by atoms with E-state index in [-0.39, 0.29) is 18.5 Å². The minimum atomic E-state index is -0.306. The number of anilines is 3. The summed E-state index contributed by atoms with van der Waals surface area (Å²) in [6.45, 7) is 1.66. The molecule has 1 atom stereocenters. The van der Waals surface area contributed by atoms with E-state index in [1.54, 1.807) is 24.3 Å². The van der Waals surface area contributed by atoms with Crippen molar-refractivity contribution >= 4 is 45.7 Å². The Labute approximate surface area is 218 Å². The summed E-state index contributed by atoms with van der Waals surface area (Å²) in [5.74, 6) is 0.819. The predicted molar refractivity (Wildman–Crippen MR) is 144 cm³/mol. The zero-order valence-corrected chi connectivity index (χ0v) is 20.9. The van der Waals surface area contributed by atoms with Gasteiger partial charge in [0, 0.05) is 16.8 Å². The number of nitrogens with one attached hydrogen (secondary N) is 3. The van der Waals surface area contributed by atoms with Gasteiger partial charge >= 0.3 is 0 Å². The Morgan fingerprint density at radius 3 is 2.76 bits per heavy atom. The molecule has 0 saturated carbocycles. The Morgan fingerprint density at radius 2 is 1.92 bits per heavy atom. The highest BCUT2D eigenvalue weighted by Crippen LogP contribution is 2.31. The number of hydrogen-bond acceptors (Lipinski definition) is 8. The van der Waals surface area contributed by atoms with Gasteiger partial charge in [0.1, 0.15) is 36.9 Å². The monoisotopic (exact) mass is 520 g/mol. The van der Waals surface area contributed by atoms with E-state index >= 15 is 0 Å². The summed E-state index contributed by atoms with van der Waals surface area (Å²) >= 11 is 6.46. The van der Waals surface area contributed by atoms with Gasteiger partial charge in [-0.05, 0) is 74.1 Å². The van der Waals surface area contributed by atoms with Crippen molar-refractivity contribution < 1.29 is 13.9 Å². The van der Waals surface area contributed by atoms with Gasteiger partial charge in [0.05, 0.1) is 16.6 Å². The van der Waals surface area contributed by atoms with Crippen molar-refractivity contribution in [2.75, 3.05) is 30.8 Å². The molecule has 0 bridgehead atoms. The first-order chi connectivity index (χ1) is 18.1. The fourth-order valence-electron chi connectivity index (χ4n) is 3.92. The highest BCUT2D eigenvalue weighted by molar-refractivity contribution is 6.32. The van der Waals surface area contributed by atoms with Gasteiger partial charge in [-0.15, -0.1) is 0 Å². The molecule has 0 radical (unpaired) electrons. The Balaban J connectivity index is 1.29. The van der Waals surface area contributed by atoms with E-state index in [1.807, 2.05) is 31.3 Å². The minimum Gasteiger partial charge on any atom is -0.487 e. The number of fused-ring (bicyclic) bond motifs is 1. The Morgan fingerprint density at radius 1 is 1.05 bits per heavy atom. The van der Waals surface area contributed by atoms with Crippen molar-refractivity contribution in [2.45, 2.75) is 19.1 Å². The fraction of sp³-hybridized carbons (Fsp3) is 0.222. The molecule has 3 aromatic carbocycles. The van der Waals surface area contributed by atoms with Crippen molar-refractivity contribution in [2.24, 2.45) is 4.99 Å². The lowest BCUT2D eigenvalue weighted by Crippen LogP contribution is -2.16. The Bertz CT molecular complexity index is 1430. The largest absolute Gasteiger partial charge is 0.487 e. The van der Waals surface area contributed by atoms with Crippen LogP contribution in [0, 0.1) is 5.82 Å². The molecule has 10 heteroatoms. The quantitative estimate of drug-likeness (QED) is 0.267. The molecule has 1 aromatic heterocycles. The zero-order chi connectivity index (χ0) is 25.6. The molecular weight excluding hydrogens is 495 g/mol. The maximum absolute atomic E-state index is 13.4. The molecule has 8 nitrogen and oxygen atoms in total. The van der Waals surface area contributed by atoms with Crippen molar-refractivity contribution in [1.29, 1.82) is 0 Å². The smallest absolute Gasteiger partial charge is 0.289 e. The van der Waals surface area contributed by atoms with Crippen molar-refractivity contribution in [1.82, 2.24) is 15.3 Å². The standard InChI is InChI=1S/C27H26ClFN6O2/c1-30-10-9-21-15-37-27(35-21)34-19-5-7-24-22(12-19)26(32-16-31-24)33-20-6-8-25(23(28)13-20)36-14-17-3-2-4-18(29)11-17/h2-8,11-13,16,21,30H,9-10,14-15H2,1H3,(H,34,35)(H,31,32,33). The molecule has 0 saturated heterocycles. The van der Waals surface area contributed by atoms with Crippen LogP contribution in [0.25, 0.3) is 10.9 Å². The number of halogens is 2. The van der Waals surface area contributed by atoms with Crippen molar-refractivity contribution in [3.05, 3.63) is 83.4 Å². The van der Waals surface area contributed by atoms with E-state index in [9.17, 15) is 4.39 Å². The van der Waals surface area contributed by atoms with E-state index in [4.69, 9.17) is 21.1 Å². The number of hydrogen-bond donors (Lipinski definition) is 3. The summed E-state index contributed by atoms with van der Waals surface area (Å²) in [6.07, 6.45) is 2.42. The summed E-state index contributed by atoms with van der Waals surface area (Å²) in [6, 6.07) is 18.1. The van der Waals surface area contributed by atoms with Crippen LogP contribution in [0.3, 0.4) is 0 Å². The van der Waals surface area contributed by atoms with Crippen LogP contribution in [-0.2, 0) is 11.3 Å². The first kappa shape index (κ1) is 24.7. The molecular formula is C27H26ClFN6O2. The van der Waals surface area contributed by atoms with Gasteiger partial charge in [-0.1, -0.05) is 23.7 Å². The molecule has 1 unspecified atom stereocenters. The van der Waals surface area contributed by atoms with Crippen LogP contribution in [0.5, 0.6) is 5.75 Å². The second-order valence-corrected chi connectivity index (χ2v) is 8.97. The average Bonchev–Trinajstić information content (AvgIpc) is 3.34. The van der Waals surface area contributed by atoms with Gasteiger partial charge in [0.25, 0.3) is 6.02 Å². The number of amidine groups is 1. The van der Waals surface area contributed by atoms with Gasteiger partial charge in [0.2, 0.25) is 0 Å². The molecule has 37 heavy (non-hydrogen) atoms. The molecule has 1 aliphatic heterocycles. The van der Waals surface area contributed by atoms with Gasteiger partial charge in [-0.25, -0.2) is 19.4 Å². The lowest BCUT2D eigenvalue weighted by Gasteiger charge is -2.13. The molecule has 0 spiro atoms. The third-order valence-electron chi connectivity index (χ3n) is 5.80.